The Labute approximate surface area is 250 Å². The minimum atomic E-state index is -0.513. The fourth-order valence-electron chi connectivity index (χ4n) is 6.65. The highest BCUT2D eigenvalue weighted by atomic mass is 16.7. The monoisotopic (exact) mass is 580 g/mol. The largest absolute Gasteiger partial charge is 0.459 e. The zero-order valence-corrected chi connectivity index (χ0v) is 26.7. The fourth-order valence-corrected chi connectivity index (χ4v) is 6.65. The number of rotatable bonds is 7. The molecule has 2 saturated heterocycles. The Kier molecular flexibility index (Phi) is 8.97. The van der Waals surface area contributed by atoms with Crippen LogP contribution in [-0.2, 0) is 14.3 Å². The van der Waals surface area contributed by atoms with Crippen molar-refractivity contribution in [2.45, 2.75) is 122 Å². The molecule has 4 rings (SSSR count). The van der Waals surface area contributed by atoms with E-state index >= 15 is 0 Å². The standard InChI is InChI=1S/C34H48N2O6/c1-10-40-36-33(6,7)22-28(34(36,8)9)42-30(38)26-17-13-24(14-18-26)23-11-15-25(16-12-23)29(37)41-27-19-20-31(2,3)35(39)32(4,5)21-27/h11-18,27-28,39H,10,19-22H2,1-9H3. The average Bonchev–Trinajstić information content (AvgIpc) is 3.05. The molecule has 2 aromatic rings. The van der Waals surface area contributed by atoms with Crippen LogP contribution < -0.4 is 0 Å². The van der Waals surface area contributed by atoms with Gasteiger partial charge >= 0.3 is 11.9 Å². The van der Waals surface area contributed by atoms with Crippen LogP contribution in [0.3, 0.4) is 0 Å². The maximum absolute atomic E-state index is 13.1. The molecule has 2 unspecified atom stereocenters. The van der Waals surface area contributed by atoms with Crippen molar-refractivity contribution in [3.63, 3.8) is 0 Å². The van der Waals surface area contributed by atoms with Gasteiger partial charge in [0, 0.05) is 29.5 Å². The molecule has 2 atom stereocenters. The summed E-state index contributed by atoms with van der Waals surface area (Å²) in [5.41, 5.74) is 1.19. The number of carbonyl (C=O) groups is 2. The van der Waals surface area contributed by atoms with Crippen LogP contribution in [0.25, 0.3) is 11.1 Å². The van der Waals surface area contributed by atoms with E-state index < -0.39 is 16.6 Å². The number of carbonyl (C=O) groups excluding carboxylic acids is 2. The van der Waals surface area contributed by atoms with Crippen LogP contribution >= 0.6 is 0 Å². The molecule has 2 heterocycles. The van der Waals surface area contributed by atoms with Crippen molar-refractivity contribution in [1.82, 2.24) is 10.1 Å². The van der Waals surface area contributed by atoms with Crippen molar-refractivity contribution in [2.75, 3.05) is 6.61 Å². The first-order valence-electron chi connectivity index (χ1n) is 15.0. The molecule has 0 saturated carbocycles. The Morgan fingerprint density at radius 3 is 1.76 bits per heavy atom. The zero-order chi connectivity index (χ0) is 31.1. The van der Waals surface area contributed by atoms with Gasteiger partial charge in [-0.25, -0.2) is 9.59 Å². The number of hydrogen-bond acceptors (Lipinski definition) is 8. The molecule has 2 aliphatic heterocycles. The third-order valence-electron chi connectivity index (χ3n) is 8.85. The quantitative estimate of drug-likeness (QED) is 0.349. The number of benzene rings is 2. The molecule has 0 bridgehead atoms. The number of nitrogens with zero attached hydrogens (tertiary/aromatic N) is 2. The molecule has 2 fully saturated rings. The molecule has 8 heteroatoms. The smallest absolute Gasteiger partial charge is 0.338 e. The maximum atomic E-state index is 13.1. The summed E-state index contributed by atoms with van der Waals surface area (Å²) in [6.45, 7) is 18.7. The predicted octanol–water partition coefficient (Wildman–Crippen LogP) is 7.05. The van der Waals surface area contributed by atoms with Gasteiger partial charge in [-0.1, -0.05) is 24.3 Å². The number of esters is 2. The minimum Gasteiger partial charge on any atom is -0.459 e. The number of hydrogen-bond donors (Lipinski definition) is 1. The molecule has 2 aromatic carbocycles. The Morgan fingerprint density at radius 2 is 1.26 bits per heavy atom. The zero-order valence-electron chi connectivity index (χ0n) is 26.7. The topological polar surface area (TPSA) is 88.5 Å². The van der Waals surface area contributed by atoms with Crippen LogP contribution in [-0.4, -0.2) is 68.2 Å². The molecule has 0 radical (unpaired) electrons. The van der Waals surface area contributed by atoms with Gasteiger partial charge in [0.15, 0.2) is 0 Å². The van der Waals surface area contributed by atoms with E-state index in [0.717, 1.165) is 17.5 Å². The SMILES string of the molecule is CCON1C(C)(C)CC(OC(=O)c2ccc(-c3ccc(C(=O)OC4CCC(C)(C)N(O)C(C)(C)C4)cc3)cc2)C1(C)C. The second kappa shape index (κ2) is 11.7. The van der Waals surface area contributed by atoms with E-state index in [1.165, 1.54) is 5.06 Å². The summed E-state index contributed by atoms with van der Waals surface area (Å²) in [6, 6.07) is 14.6. The van der Waals surface area contributed by atoms with E-state index in [1.54, 1.807) is 24.3 Å². The molecule has 0 spiro atoms. The summed E-state index contributed by atoms with van der Waals surface area (Å²) in [4.78, 5) is 31.9. The van der Waals surface area contributed by atoms with E-state index in [1.807, 2.05) is 77.8 Å². The van der Waals surface area contributed by atoms with Crippen molar-refractivity contribution < 1.29 is 29.1 Å². The van der Waals surface area contributed by atoms with Gasteiger partial charge in [0.1, 0.15) is 12.2 Å². The second-order valence-electron chi connectivity index (χ2n) is 14.1. The molecule has 0 aromatic heterocycles. The first-order chi connectivity index (χ1) is 19.5. The summed E-state index contributed by atoms with van der Waals surface area (Å²) >= 11 is 0. The van der Waals surface area contributed by atoms with Crippen LogP contribution in [0.5, 0.6) is 0 Å². The summed E-state index contributed by atoms with van der Waals surface area (Å²) in [7, 11) is 0. The van der Waals surface area contributed by atoms with E-state index in [4.69, 9.17) is 14.3 Å². The average molecular weight is 581 g/mol. The highest BCUT2D eigenvalue weighted by Gasteiger charge is 2.54. The Balaban J connectivity index is 1.38. The van der Waals surface area contributed by atoms with Gasteiger partial charge in [-0.15, -0.1) is 0 Å². The van der Waals surface area contributed by atoms with Crippen LogP contribution in [0.1, 0.15) is 109 Å². The highest BCUT2D eigenvalue weighted by Crippen LogP contribution is 2.43. The van der Waals surface area contributed by atoms with Crippen LogP contribution in [0.4, 0.5) is 0 Å². The molecule has 230 valence electrons. The van der Waals surface area contributed by atoms with Gasteiger partial charge < -0.3 is 14.7 Å². The lowest BCUT2D eigenvalue weighted by Gasteiger charge is -2.42. The van der Waals surface area contributed by atoms with E-state index in [-0.39, 0.29) is 29.7 Å². The third-order valence-corrected chi connectivity index (χ3v) is 8.85. The van der Waals surface area contributed by atoms with Gasteiger partial charge in [0.2, 0.25) is 0 Å². The lowest BCUT2D eigenvalue weighted by Crippen LogP contribution is -2.52. The lowest BCUT2D eigenvalue weighted by molar-refractivity contribution is -0.243. The van der Waals surface area contributed by atoms with Crippen molar-refractivity contribution in [3.05, 3.63) is 59.7 Å². The molecule has 0 aliphatic carbocycles. The first-order valence-corrected chi connectivity index (χ1v) is 15.0. The van der Waals surface area contributed by atoms with E-state index in [0.29, 0.717) is 37.0 Å². The van der Waals surface area contributed by atoms with Crippen molar-refractivity contribution in [1.29, 1.82) is 0 Å². The summed E-state index contributed by atoms with van der Waals surface area (Å²) in [6.07, 6.45) is 2.04. The van der Waals surface area contributed by atoms with Gasteiger partial charge in [-0.3, -0.25) is 4.84 Å². The molecule has 42 heavy (non-hydrogen) atoms. The van der Waals surface area contributed by atoms with Gasteiger partial charge in [0.25, 0.3) is 0 Å². The maximum Gasteiger partial charge on any atom is 0.338 e. The van der Waals surface area contributed by atoms with Gasteiger partial charge in [0.05, 0.1) is 23.3 Å². The number of ether oxygens (including phenoxy) is 2. The van der Waals surface area contributed by atoms with Gasteiger partial charge in [-0.05, 0) is 111 Å². The fraction of sp³-hybridized carbons (Fsp3) is 0.588. The molecule has 8 nitrogen and oxygen atoms in total. The summed E-state index contributed by atoms with van der Waals surface area (Å²) in [5, 5.41) is 14.1. The summed E-state index contributed by atoms with van der Waals surface area (Å²) < 4.78 is 11.9. The van der Waals surface area contributed by atoms with Gasteiger partial charge in [-0.2, -0.15) is 10.1 Å². The first kappa shape index (κ1) is 32.1. The van der Waals surface area contributed by atoms with Crippen molar-refractivity contribution in [2.24, 2.45) is 0 Å². The minimum absolute atomic E-state index is 0.253. The van der Waals surface area contributed by atoms with E-state index in [9.17, 15) is 14.8 Å². The van der Waals surface area contributed by atoms with Crippen LogP contribution in [0, 0.1) is 0 Å². The highest BCUT2D eigenvalue weighted by molar-refractivity contribution is 5.91. The van der Waals surface area contributed by atoms with Crippen LogP contribution in [0.15, 0.2) is 48.5 Å². The summed E-state index contributed by atoms with van der Waals surface area (Å²) in [5.74, 6) is -0.730. The Hall–Kier alpha value is -2.78. The third kappa shape index (κ3) is 6.57. The Bertz CT molecular complexity index is 1270. The second-order valence-corrected chi connectivity index (χ2v) is 14.1. The predicted molar refractivity (Wildman–Crippen MR) is 162 cm³/mol. The normalized spacial score (nSPS) is 25.0. The lowest BCUT2D eigenvalue weighted by atomic mass is 9.95. The Morgan fingerprint density at radius 1 is 0.762 bits per heavy atom. The number of hydroxylamine groups is 4. The van der Waals surface area contributed by atoms with Crippen LogP contribution in [0.2, 0.25) is 0 Å². The van der Waals surface area contributed by atoms with Crippen molar-refractivity contribution >= 4 is 11.9 Å². The molecular weight excluding hydrogens is 532 g/mol. The molecular formula is C34H48N2O6. The van der Waals surface area contributed by atoms with E-state index in [2.05, 4.69) is 13.8 Å². The molecule has 0 amide bonds. The van der Waals surface area contributed by atoms with Crippen molar-refractivity contribution in [3.8, 4) is 11.1 Å². The molecule has 2 aliphatic rings. The molecule has 1 N–H and O–H groups in total.